The van der Waals surface area contributed by atoms with Crippen molar-refractivity contribution in [2.45, 2.75) is 32.6 Å². The number of hydrogen-bond donors (Lipinski definition) is 0. The van der Waals surface area contributed by atoms with Crippen LogP contribution in [0, 0.1) is 22.7 Å². The van der Waals surface area contributed by atoms with Gasteiger partial charge in [0.05, 0.1) is 6.61 Å². The van der Waals surface area contributed by atoms with Crippen molar-refractivity contribution in [2.75, 3.05) is 6.61 Å². The predicted molar refractivity (Wildman–Crippen MR) is 49.4 cm³/mol. The largest absolute Gasteiger partial charge is 0.499 e. The summed E-state index contributed by atoms with van der Waals surface area (Å²) in [6.07, 6.45) is 5.74. The lowest BCUT2D eigenvalue weighted by Crippen LogP contribution is -1.88. The third-order valence-corrected chi connectivity index (χ3v) is 1.56. The fraction of sp³-hybridized carbons (Fsp3) is 0.600. The van der Waals surface area contributed by atoms with Gasteiger partial charge in [-0.1, -0.05) is 26.2 Å². The number of hydrogen-bond acceptors (Lipinski definition) is 3. The highest BCUT2D eigenvalue weighted by Gasteiger charge is 1.91. The molecule has 0 atom stereocenters. The fourth-order valence-electron chi connectivity index (χ4n) is 0.832. The molecule has 3 heteroatoms. The van der Waals surface area contributed by atoms with Crippen LogP contribution in [0.1, 0.15) is 32.6 Å². The van der Waals surface area contributed by atoms with Gasteiger partial charge in [-0.2, -0.15) is 10.5 Å². The van der Waals surface area contributed by atoms with Crippen LogP contribution in [-0.4, -0.2) is 6.61 Å². The van der Waals surface area contributed by atoms with Gasteiger partial charge in [-0.15, -0.1) is 0 Å². The minimum atomic E-state index is 0.0236. The second-order valence-corrected chi connectivity index (χ2v) is 2.69. The van der Waals surface area contributed by atoms with Gasteiger partial charge < -0.3 is 4.74 Å². The molecule has 3 nitrogen and oxygen atoms in total. The summed E-state index contributed by atoms with van der Waals surface area (Å²) in [5.74, 6) is 0. The predicted octanol–water partition coefficient (Wildman–Crippen LogP) is 2.51. The number of unbranched alkanes of at least 4 members (excludes halogenated alkanes) is 3. The first-order valence-electron chi connectivity index (χ1n) is 4.47. The summed E-state index contributed by atoms with van der Waals surface area (Å²) in [4.78, 5) is 0. The van der Waals surface area contributed by atoms with E-state index in [1.165, 1.54) is 19.1 Å². The molecule has 0 rings (SSSR count). The van der Waals surface area contributed by atoms with Crippen molar-refractivity contribution in [2.24, 2.45) is 0 Å². The SMILES string of the molecule is CCCCCCOC=C(C#N)C#N. The van der Waals surface area contributed by atoms with Crippen LogP contribution in [0.4, 0.5) is 0 Å². The van der Waals surface area contributed by atoms with E-state index in [0.29, 0.717) is 6.61 Å². The maximum absolute atomic E-state index is 8.35. The summed E-state index contributed by atoms with van der Waals surface area (Å²) >= 11 is 0. The Bertz CT molecular complexity index is 216. The van der Waals surface area contributed by atoms with E-state index in [0.717, 1.165) is 12.8 Å². The third-order valence-electron chi connectivity index (χ3n) is 1.56. The van der Waals surface area contributed by atoms with Gasteiger partial charge in [0.1, 0.15) is 18.4 Å². The normalized spacial score (nSPS) is 8.23. The molecule has 0 saturated carbocycles. The van der Waals surface area contributed by atoms with Gasteiger partial charge in [-0.25, -0.2) is 0 Å². The molecular weight excluding hydrogens is 164 g/mol. The second-order valence-electron chi connectivity index (χ2n) is 2.69. The van der Waals surface area contributed by atoms with Crippen molar-refractivity contribution in [1.82, 2.24) is 0 Å². The molecule has 0 aromatic rings. The van der Waals surface area contributed by atoms with E-state index in [1.807, 2.05) is 0 Å². The van der Waals surface area contributed by atoms with E-state index in [4.69, 9.17) is 15.3 Å². The van der Waals surface area contributed by atoms with E-state index in [1.54, 1.807) is 12.1 Å². The van der Waals surface area contributed by atoms with Gasteiger partial charge in [0, 0.05) is 0 Å². The Labute approximate surface area is 79.2 Å². The summed E-state index contributed by atoms with van der Waals surface area (Å²) < 4.78 is 5.02. The first-order chi connectivity index (χ1) is 6.35. The van der Waals surface area contributed by atoms with Gasteiger partial charge in [-0.3, -0.25) is 0 Å². The Balaban J connectivity index is 3.41. The summed E-state index contributed by atoms with van der Waals surface area (Å²) in [6.45, 7) is 2.73. The van der Waals surface area contributed by atoms with Crippen LogP contribution in [0.5, 0.6) is 0 Å². The van der Waals surface area contributed by atoms with Gasteiger partial charge in [0.15, 0.2) is 5.57 Å². The van der Waals surface area contributed by atoms with E-state index >= 15 is 0 Å². The lowest BCUT2D eigenvalue weighted by molar-refractivity contribution is 0.240. The maximum atomic E-state index is 8.35. The highest BCUT2D eigenvalue weighted by atomic mass is 16.5. The van der Waals surface area contributed by atoms with E-state index in [-0.39, 0.29) is 5.57 Å². The first-order valence-corrected chi connectivity index (χ1v) is 4.47. The van der Waals surface area contributed by atoms with Crippen molar-refractivity contribution in [3.8, 4) is 12.1 Å². The lowest BCUT2D eigenvalue weighted by Gasteiger charge is -1.98. The standard InChI is InChI=1S/C10H14N2O/c1-2-3-4-5-6-13-9-10(7-11)8-12/h9H,2-6H2,1H3. The topological polar surface area (TPSA) is 56.8 Å². The number of rotatable bonds is 6. The molecule has 0 aromatic heterocycles. The summed E-state index contributed by atoms with van der Waals surface area (Å²) in [5.41, 5.74) is 0.0236. The molecule has 0 unspecified atom stereocenters. The average molecular weight is 178 g/mol. The molecule has 13 heavy (non-hydrogen) atoms. The van der Waals surface area contributed by atoms with Crippen LogP contribution in [0.25, 0.3) is 0 Å². The highest BCUT2D eigenvalue weighted by molar-refractivity contribution is 5.33. The molecule has 0 aliphatic carbocycles. The van der Waals surface area contributed by atoms with Crippen molar-refractivity contribution in [1.29, 1.82) is 10.5 Å². The van der Waals surface area contributed by atoms with Gasteiger partial charge >= 0.3 is 0 Å². The molecular formula is C10H14N2O. The third kappa shape index (κ3) is 6.90. The molecule has 0 radical (unpaired) electrons. The van der Waals surface area contributed by atoms with Crippen LogP contribution in [-0.2, 0) is 4.74 Å². The second kappa shape index (κ2) is 8.62. The molecule has 0 fully saturated rings. The average Bonchev–Trinajstić information content (AvgIpc) is 2.17. The smallest absolute Gasteiger partial charge is 0.163 e. The fourth-order valence-corrected chi connectivity index (χ4v) is 0.832. The van der Waals surface area contributed by atoms with E-state index in [2.05, 4.69) is 6.92 Å². The van der Waals surface area contributed by atoms with Gasteiger partial charge in [-0.05, 0) is 6.42 Å². The molecule has 0 aliphatic heterocycles. The minimum absolute atomic E-state index is 0.0236. The van der Waals surface area contributed by atoms with Crippen LogP contribution < -0.4 is 0 Å². The summed E-state index contributed by atoms with van der Waals surface area (Å²) in [6, 6.07) is 3.46. The zero-order valence-electron chi connectivity index (χ0n) is 7.92. The Morgan fingerprint density at radius 1 is 1.23 bits per heavy atom. The van der Waals surface area contributed by atoms with Gasteiger partial charge in [0.25, 0.3) is 0 Å². The zero-order chi connectivity index (χ0) is 9.94. The Kier molecular flexibility index (Phi) is 7.63. The number of nitrogens with zero attached hydrogens (tertiary/aromatic N) is 2. The van der Waals surface area contributed by atoms with Gasteiger partial charge in [0.2, 0.25) is 0 Å². The van der Waals surface area contributed by atoms with Crippen LogP contribution >= 0.6 is 0 Å². The maximum Gasteiger partial charge on any atom is 0.163 e. The van der Waals surface area contributed by atoms with E-state index < -0.39 is 0 Å². The Morgan fingerprint density at radius 2 is 1.92 bits per heavy atom. The molecule has 0 bridgehead atoms. The highest BCUT2D eigenvalue weighted by Crippen LogP contribution is 1.99. The Morgan fingerprint density at radius 3 is 2.46 bits per heavy atom. The van der Waals surface area contributed by atoms with Crippen molar-refractivity contribution in [3.63, 3.8) is 0 Å². The van der Waals surface area contributed by atoms with Crippen LogP contribution in [0.3, 0.4) is 0 Å². The van der Waals surface area contributed by atoms with Crippen molar-refractivity contribution < 1.29 is 4.74 Å². The molecule has 0 N–H and O–H groups in total. The van der Waals surface area contributed by atoms with E-state index in [9.17, 15) is 0 Å². The molecule has 0 aromatic carbocycles. The van der Waals surface area contributed by atoms with Crippen molar-refractivity contribution >= 4 is 0 Å². The molecule has 0 spiro atoms. The van der Waals surface area contributed by atoms with Crippen molar-refractivity contribution in [3.05, 3.63) is 11.8 Å². The first kappa shape index (κ1) is 11.5. The molecule has 0 amide bonds. The molecule has 0 heterocycles. The molecule has 0 saturated heterocycles. The van der Waals surface area contributed by atoms with Crippen LogP contribution in [0.2, 0.25) is 0 Å². The monoisotopic (exact) mass is 178 g/mol. The number of nitriles is 2. The quantitative estimate of drug-likeness (QED) is 0.356. The number of allylic oxidation sites excluding steroid dienone is 1. The zero-order valence-corrected chi connectivity index (χ0v) is 7.92. The number of ether oxygens (including phenoxy) is 1. The lowest BCUT2D eigenvalue weighted by atomic mass is 10.2. The minimum Gasteiger partial charge on any atom is -0.499 e. The summed E-state index contributed by atoms with van der Waals surface area (Å²) in [5, 5.41) is 16.7. The Hall–Kier alpha value is -1.48. The molecule has 0 aliphatic rings. The summed E-state index contributed by atoms with van der Waals surface area (Å²) in [7, 11) is 0. The van der Waals surface area contributed by atoms with Crippen LogP contribution in [0.15, 0.2) is 11.8 Å². The molecule has 70 valence electrons.